The average molecular weight is 242 g/mol. The lowest BCUT2D eigenvalue weighted by molar-refractivity contribution is -0.167. The predicted molar refractivity (Wildman–Crippen MR) is 57.0 cm³/mol. The maximum absolute atomic E-state index is 12.1. The lowest BCUT2D eigenvalue weighted by atomic mass is 10.1. The van der Waals surface area contributed by atoms with Crippen molar-refractivity contribution < 1.29 is 18.0 Å². The zero-order chi connectivity index (χ0) is 13.1. The first kappa shape index (κ1) is 13.1. The van der Waals surface area contributed by atoms with Gasteiger partial charge in [0.15, 0.2) is 0 Å². The molecule has 6 heteroatoms. The molecule has 0 aromatic heterocycles. The zero-order valence-electron chi connectivity index (χ0n) is 8.64. The molecule has 0 saturated heterocycles. The number of hydrogen-bond donors (Lipinski definition) is 2. The molecule has 0 aliphatic rings. The summed E-state index contributed by atoms with van der Waals surface area (Å²) in [6, 6.07) is 4.28. The van der Waals surface area contributed by atoms with E-state index >= 15 is 0 Å². The van der Waals surface area contributed by atoms with Gasteiger partial charge in [0.05, 0.1) is 0 Å². The van der Waals surface area contributed by atoms with Gasteiger partial charge in [-0.25, -0.2) is 0 Å². The highest BCUT2D eigenvalue weighted by Gasteiger charge is 2.38. The third kappa shape index (κ3) is 3.23. The lowest BCUT2D eigenvalue weighted by Crippen LogP contribution is -2.30. The van der Waals surface area contributed by atoms with Crippen molar-refractivity contribution in [1.29, 1.82) is 0 Å². The van der Waals surface area contributed by atoms with E-state index < -0.39 is 12.1 Å². The van der Waals surface area contributed by atoms with Crippen LogP contribution in [-0.4, -0.2) is 12.1 Å². The summed E-state index contributed by atoms with van der Waals surface area (Å²) >= 11 is 0. The first-order valence-electron chi connectivity index (χ1n) is 4.56. The molecule has 0 fully saturated rings. The molecular weight excluding hydrogens is 233 g/mol. The molecule has 3 N–H and O–H groups in total. The second-order valence-corrected chi connectivity index (χ2v) is 3.17. The Morgan fingerprint density at radius 1 is 1.47 bits per heavy atom. The number of rotatable bonds is 2. The minimum Gasteiger partial charge on any atom is -0.326 e. The molecule has 3 nitrogen and oxygen atoms in total. The van der Waals surface area contributed by atoms with Crippen molar-refractivity contribution >= 4 is 11.6 Å². The lowest BCUT2D eigenvalue weighted by Gasteiger charge is -2.11. The highest BCUT2D eigenvalue weighted by atomic mass is 19.4. The van der Waals surface area contributed by atoms with E-state index in [1.165, 1.54) is 18.2 Å². The van der Waals surface area contributed by atoms with Gasteiger partial charge in [0.25, 0.3) is 0 Å². The second-order valence-electron chi connectivity index (χ2n) is 3.17. The second kappa shape index (κ2) is 4.89. The summed E-state index contributed by atoms with van der Waals surface area (Å²) in [6.07, 6.45) is 0.164. The molecule has 0 atom stereocenters. The van der Waals surface area contributed by atoms with Gasteiger partial charge < -0.3 is 11.1 Å². The highest BCUT2D eigenvalue weighted by molar-refractivity contribution is 5.95. The maximum Gasteiger partial charge on any atom is 0.471 e. The van der Waals surface area contributed by atoms with Crippen LogP contribution in [0.5, 0.6) is 0 Å². The normalized spacial score (nSPS) is 10.8. The molecule has 0 spiro atoms. The van der Waals surface area contributed by atoms with Crippen LogP contribution in [-0.2, 0) is 11.3 Å². The van der Waals surface area contributed by atoms with Crippen LogP contribution in [0.2, 0.25) is 0 Å². The van der Waals surface area contributed by atoms with E-state index in [0.717, 1.165) is 0 Å². The number of benzene rings is 1. The quantitative estimate of drug-likeness (QED) is 0.774. The predicted octanol–water partition coefficient (Wildman–Crippen LogP) is 1.63. The Labute approximate surface area is 95.8 Å². The number of halogens is 3. The topological polar surface area (TPSA) is 55.1 Å². The number of terminal acetylenes is 1. The molecule has 1 amide bonds. The number of nitrogens with one attached hydrogen (secondary N) is 1. The van der Waals surface area contributed by atoms with E-state index in [2.05, 4.69) is 5.92 Å². The van der Waals surface area contributed by atoms with Crippen LogP contribution in [0.15, 0.2) is 18.2 Å². The number of hydrogen-bond acceptors (Lipinski definition) is 2. The molecule has 90 valence electrons. The minimum absolute atomic E-state index is 0.00166. The number of carbonyl (C=O) groups is 1. The molecule has 0 radical (unpaired) electrons. The van der Waals surface area contributed by atoms with Gasteiger partial charge in [-0.1, -0.05) is 12.0 Å². The van der Waals surface area contributed by atoms with Crippen molar-refractivity contribution in [3.63, 3.8) is 0 Å². The fourth-order valence-electron chi connectivity index (χ4n) is 1.15. The maximum atomic E-state index is 12.1. The van der Waals surface area contributed by atoms with Crippen molar-refractivity contribution in [2.75, 3.05) is 5.32 Å². The van der Waals surface area contributed by atoms with Crippen molar-refractivity contribution in [2.24, 2.45) is 5.73 Å². The number of alkyl halides is 3. The molecule has 0 unspecified atom stereocenters. The number of nitrogens with two attached hydrogens (primary N) is 1. The van der Waals surface area contributed by atoms with Gasteiger partial charge >= 0.3 is 12.1 Å². The Morgan fingerprint density at radius 2 is 2.12 bits per heavy atom. The van der Waals surface area contributed by atoms with Gasteiger partial charge in [0.1, 0.15) is 0 Å². The van der Waals surface area contributed by atoms with Crippen molar-refractivity contribution in [2.45, 2.75) is 12.7 Å². The van der Waals surface area contributed by atoms with Crippen LogP contribution in [0.3, 0.4) is 0 Å². The van der Waals surface area contributed by atoms with Crippen LogP contribution in [0.25, 0.3) is 0 Å². The number of anilines is 1. The van der Waals surface area contributed by atoms with Crippen LogP contribution in [0.4, 0.5) is 18.9 Å². The Hall–Kier alpha value is -2.00. The molecular formula is C11H9F3N2O. The van der Waals surface area contributed by atoms with Crippen LogP contribution in [0.1, 0.15) is 11.1 Å². The Morgan fingerprint density at radius 3 is 2.59 bits per heavy atom. The van der Waals surface area contributed by atoms with E-state index in [-0.39, 0.29) is 12.2 Å². The van der Waals surface area contributed by atoms with E-state index in [1.54, 1.807) is 5.32 Å². The summed E-state index contributed by atoms with van der Waals surface area (Å²) in [5.41, 5.74) is 6.06. The van der Waals surface area contributed by atoms with E-state index in [1.807, 2.05) is 0 Å². The Kier molecular flexibility index (Phi) is 3.76. The third-order valence-electron chi connectivity index (χ3n) is 2.00. The SMILES string of the molecule is C#Cc1ccc(CN)c(NC(=O)C(F)(F)F)c1. The average Bonchev–Trinajstić information content (AvgIpc) is 2.27. The fourth-order valence-corrected chi connectivity index (χ4v) is 1.15. The van der Waals surface area contributed by atoms with Gasteiger partial charge in [-0.2, -0.15) is 13.2 Å². The number of carbonyl (C=O) groups excluding carboxylic acids is 1. The van der Waals surface area contributed by atoms with Crippen molar-refractivity contribution in [1.82, 2.24) is 0 Å². The fraction of sp³-hybridized carbons (Fsp3) is 0.182. The largest absolute Gasteiger partial charge is 0.471 e. The third-order valence-corrected chi connectivity index (χ3v) is 2.00. The zero-order valence-corrected chi connectivity index (χ0v) is 8.64. The molecule has 0 aliphatic carbocycles. The standard InChI is InChI=1S/C11H9F3N2O/c1-2-7-3-4-8(6-15)9(5-7)16-10(17)11(12,13)14/h1,3-5H,6,15H2,(H,16,17). The molecule has 0 heterocycles. The van der Waals surface area contributed by atoms with Crippen molar-refractivity contribution in [3.8, 4) is 12.3 Å². The van der Waals surface area contributed by atoms with E-state index in [0.29, 0.717) is 11.1 Å². The summed E-state index contributed by atoms with van der Waals surface area (Å²) in [6.45, 7) is -0.00166. The molecule has 0 bridgehead atoms. The highest BCUT2D eigenvalue weighted by Crippen LogP contribution is 2.21. The summed E-state index contributed by atoms with van der Waals surface area (Å²) in [5, 5.41) is 1.74. The molecule has 0 saturated carbocycles. The summed E-state index contributed by atoms with van der Waals surface area (Å²) < 4.78 is 36.2. The summed E-state index contributed by atoms with van der Waals surface area (Å²) in [4.78, 5) is 10.8. The van der Waals surface area contributed by atoms with Gasteiger partial charge in [0.2, 0.25) is 0 Å². The van der Waals surface area contributed by atoms with E-state index in [9.17, 15) is 18.0 Å². The minimum atomic E-state index is -4.95. The van der Waals surface area contributed by atoms with Crippen LogP contribution in [0, 0.1) is 12.3 Å². The Balaban J connectivity index is 3.05. The monoisotopic (exact) mass is 242 g/mol. The summed E-state index contributed by atoms with van der Waals surface area (Å²) in [5.74, 6) is 0.203. The van der Waals surface area contributed by atoms with Gasteiger partial charge in [-0.3, -0.25) is 4.79 Å². The van der Waals surface area contributed by atoms with E-state index in [4.69, 9.17) is 12.2 Å². The smallest absolute Gasteiger partial charge is 0.326 e. The molecule has 1 aromatic rings. The molecule has 1 aromatic carbocycles. The Bertz CT molecular complexity index is 475. The molecule has 17 heavy (non-hydrogen) atoms. The number of amides is 1. The molecule has 1 rings (SSSR count). The van der Waals surface area contributed by atoms with Gasteiger partial charge in [-0.05, 0) is 17.7 Å². The first-order chi connectivity index (χ1) is 7.88. The first-order valence-corrected chi connectivity index (χ1v) is 4.56. The van der Waals surface area contributed by atoms with Crippen LogP contribution >= 0.6 is 0 Å². The van der Waals surface area contributed by atoms with Crippen molar-refractivity contribution in [3.05, 3.63) is 29.3 Å². The molecule has 0 aliphatic heterocycles. The van der Waals surface area contributed by atoms with Gasteiger partial charge in [-0.15, -0.1) is 6.42 Å². The van der Waals surface area contributed by atoms with Gasteiger partial charge in [0, 0.05) is 17.8 Å². The summed E-state index contributed by atoms with van der Waals surface area (Å²) in [7, 11) is 0. The van der Waals surface area contributed by atoms with Crippen LogP contribution < -0.4 is 11.1 Å².